The lowest BCUT2D eigenvalue weighted by atomic mass is 10.2. The third kappa shape index (κ3) is 3.37. The average Bonchev–Trinajstić information content (AvgIpc) is 2.96. The molecule has 0 aliphatic heterocycles. The number of hydrogen-bond acceptors (Lipinski definition) is 6. The summed E-state index contributed by atoms with van der Waals surface area (Å²) >= 11 is 4.92. The Hall–Kier alpha value is -1.32. The lowest BCUT2D eigenvalue weighted by Gasteiger charge is -2.13. The Labute approximate surface area is 121 Å². The third-order valence-corrected chi connectivity index (χ3v) is 4.30. The molecule has 0 radical (unpaired) electrons. The molecular weight excluding hydrogens is 336 g/mol. The Morgan fingerprint density at radius 1 is 1.68 bits per heavy atom. The molecule has 2 heterocycles. The molecule has 2 aromatic heterocycles. The quantitative estimate of drug-likeness (QED) is 0.855. The number of rotatable bonds is 6. The fourth-order valence-corrected chi connectivity index (χ4v) is 3.09. The van der Waals surface area contributed by atoms with Crippen molar-refractivity contribution < 1.29 is 14.6 Å². The summed E-state index contributed by atoms with van der Waals surface area (Å²) in [5.41, 5.74) is 0. The summed E-state index contributed by atoms with van der Waals surface area (Å²) in [7, 11) is 1.47. The van der Waals surface area contributed by atoms with Crippen molar-refractivity contribution in [1.82, 2.24) is 20.2 Å². The first kappa shape index (κ1) is 14.1. The fraction of sp³-hybridized carbons (Fsp3) is 0.400. The van der Waals surface area contributed by atoms with Crippen molar-refractivity contribution >= 4 is 33.2 Å². The summed E-state index contributed by atoms with van der Waals surface area (Å²) in [5, 5.41) is 22.2. The van der Waals surface area contributed by atoms with E-state index in [9.17, 15) is 4.79 Å². The van der Waals surface area contributed by atoms with E-state index in [4.69, 9.17) is 9.84 Å². The Morgan fingerprint density at radius 3 is 3.05 bits per heavy atom. The van der Waals surface area contributed by atoms with Gasteiger partial charge in [-0.05, 0) is 37.8 Å². The van der Waals surface area contributed by atoms with Crippen LogP contribution < -0.4 is 0 Å². The highest BCUT2D eigenvalue weighted by Gasteiger charge is 2.19. The van der Waals surface area contributed by atoms with Gasteiger partial charge in [0.1, 0.15) is 0 Å². The molecule has 0 amide bonds. The minimum absolute atomic E-state index is 0.0958. The van der Waals surface area contributed by atoms with Crippen LogP contribution >= 0.6 is 27.3 Å². The zero-order chi connectivity index (χ0) is 13.8. The standard InChI is InChI=1S/C10H11BrN4O3S/c1-18-6(4-8(16)17)5-15-10(12-13-14-15)9-7(11)2-3-19-9/h2-3,6H,4-5H2,1H3,(H,16,17). The molecule has 19 heavy (non-hydrogen) atoms. The maximum atomic E-state index is 10.7. The van der Waals surface area contributed by atoms with Crippen molar-refractivity contribution in [3.8, 4) is 10.7 Å². The molecular formula is C10H11BrN4O3S. The summed E-state index contributed by atoms with van der Waals surface area (Å²) in [6.45, 7) is 0.287. The van der Waals surface area contributed by atoms with E-state index >= 15 is 0 Å². The highest BCUT2D eigenvalue weighted by molar-refractivity contribution is 9.10. The van der Waals surface area contributed by atoms with Crippen molar-refractivity contribution in [2.45, 2.75) is 19.1 Å². The molecule has 0 aliphatic carbocycles. The van der Waals surface area contributed by atoms with Crippen LogP contribution in [0.1, 0.15) is 6.42 Å². The zero-order valence-electron chi connectivity index (χ0n) is 9.99. The highest BCUT2D eigenvalue weighted by Crippen LogP contribution is 2.31. The Kier molecular flexibility index (Phi) is 4.61. The predicted octanol–water partition coefficient (Wildman–Crippen LogP) is 1.65. The molecule has 0 saturated carbocycles. The number of halogens is 1. The van der Waals surface area contributed by atoms with Crippen LogP contribution in [0, 0.1) is 0 Å². The largest absolute Gasteiger partial charge is 0.481 e. The number of carbonyl (C=O) groups is 1. The van der Waals surface area contributed by atoms with Gasteiger partial charge >= 0.3 is 5.97 Å². The van der Waals surface area contributed by atoms with Crippen LogP contribution in [0.15, 0.2) is 15.9 Å². The van der Waals surface area contributed by atoms with Gasteiger partial charge in [0.05, 0.1) is 23.9 Å². The molecule has 1 N–H and O–H groups in total. The van der Waals surface area contributed by atoms with Crippen molar-refractivity contribution in [1.29, 1.82) is 0 Å². The number of nitrogens with zero attached hydrogens (tertiary/aromatic N) is 4. The highest BCUT2D eigenvalue weighted by atomic mass is 79.9. The topological polar surface area (TPSA) is 90.1 Å². The average molecular weight is 347 g/mol. The molecule has 2 rings (SSSR count). The molecule has 7 nitrogen and oxygen atoms in total. The Balaban J connectivity index is 2.20. The zero-order valence-corrected chi connectivity index (χ0v) is 12.4. The number of thiophene rings is 1. The molecule has 0 fully saturated rings. The first-order chi connectivity index (χ1) is 9.11. The number of carboxylic acid groups (broad SMARTS) is 1. The normalized spacial score (nSPS) is 12.5. The summed E-state index contributed by atoms with van der Waals surface area (Å²) in [6, 6.07) is 1.91. The van der Waals surface area contributed by atoms with E-state index in [1.807, 2.05) is 11.4 Å². The summed E-state index contributed by atoms with van der Waals surface area (Å²) in [4.78, 5) is 11.6. The van der Waals surface area contributed by atoms with E-state index in [2.05, 4.69) is 31.5 Å². The molecule has 1 atom stereocenters. The van der Waals surface area contributed by atoms with E-state index in [1.54, 1.807) is 4.68 Å². The van der Waals surface area contributed by atoms with Gasteiger partial charge in [-0.25, -0.2) is 4.68 Å². The van der Waals surface area contributed by atoms with Crippen molar-refractivity contribution in [2.24, 2.45) is 0 Å². The van der Waals surface area contributed by atoms with Gasteiger partial charge in [-0.1, -0.05) is 0 Å². The molecule has 0 aliphatic rings. The third-order valence-electron chi connectivity index (χ3n) is 2.46. The molecule has 1 unspecified atom stereocenters. The number of tetrazole rings is 1. The van der Waals surface area contributed by atoms with Gasteiger partial charge < -0.3 is 9.84 Å². The fourth-order valence-electron chi connectivity index (χ4n) is 1.55. The molecule has 102 valence electrons. The molecule has 0 saturated heterocycles. The predicted molar refractivity (Wildman–Crippen MR) is 71.9 cm³/mol. The number of aliphatic carboxylic acids is 1. The molecule has 0 aromatic carbocycles. The minimum atomic E-state index is -0.918. The van der Waals surface area contributed by atoms with E-state index in [0.717, 1.165) is 9.35 Å². The van der Waals surface area contributed by atoms with Gasteiger partial charge in [-0.3, -0.25) is 4.79 Å². The number of ether oxygens (including phenoxy) is 1. The second-order valence-corrected chi connectivity index (χ2v) is 5.51. The Morgan fingerprint density at radius 2 is 2.47 bits per heavy atom. The van der Waals surface area contributed by atoms with Gasteiger partial charge in [-0.15, -0.1) is 16.4 Å². The van der Waals surface area contributed by atoms with Crippen LogP contribution in [0.4, 0.5) is 0 Å². The van der Waals surface area contributed by atoms with E-state index < -0.39 is 12.1 Å². The van der Waals surface area contributed by atoms with Crippen LogP contribution in [0.25, 0.3) is 10.7 Å². The molecule has 0 spiro atoms. The van der Waals surface area contributed by atoms with Gasteiger partial charge in [0.15, 0.2) is 5.82 Å². The number of methoxy groups -OCH3 is 1. The SMILES string of the molecule is COC(CC(=O)O)Cn1nnnc1-c1sccc1Br. The first-order valence-electron chi connectivity index (χ1n) is 5.36. The maximum Gasteiger partial charge on any atom is 0.306 e. The maximum absolute atomic E-state index is 10.7. The second kappa shape index (κ2) is 6.22. The molecule has 9 heteroatoms. The summed E-state index contributed by atoms with van der Waals surface area (Å²) in [5.74, 6) is -0.326. The smallest absolute Gasteiger partial charge is 0.306 e. The summed E-state index contributed by atoms with van der Waals surface area (Å²) < 4.78 is 7.58. The Bertz CT molecular complexity index is 571. The lowest BCUT2D eigenvalue weighted by Crippen LogP contribution is -2.23. The van der Waals surface area contributed by atoms with Gasteiger partial charge in [0, 0.05) is 11.6 Å². The van der Waals surface area contributed by atoms with Crippen molar-refractivity contribution in [2.75, 3.05) is 7.11 Å². The number of hydrogen-bond donors (Lipinski definition) is 1. The first-order valence-corrected chi connectivity index (χ1v) is 7.03. The minimum Gasteiger partial charge on any atom is -0.481 e. The van der Waals surface area contributed by atoms with Crippen molar-refractivity contribution in [3.05, 3.63) is 15.9 Å². The second-order valence-electron chi connectivity index (χ2n) is 3.74. The van der Waals surface area contributed by atoms with Crippen LogP contribution in [0.2, 0.25) is 0 Å². The van der Waals surface area contributed by atoms with Gasteiger partial charge in [0.25, 0.3) is 0 Å². The van der Waals surface area contributed by atoms with Crippen LogP contribution in [-0.4, -0.2) is 44.5 Å². The molecule has 2 aromatic rings. The van der Waals surface area contributed by atoms with Crippen LogP contribution in [0.3, 0.4) is 0 Å². The van der Waals surface area contributed by atoms with E-state index in [-0.39, 0.29) is 13.0 Å². The summed E-state index contributed by atoms with van der Waals surface area (Å²) in [6.07, 6.45) is -0.569. The molecule has 0 bridgehead atoms. The number of aromatic nitrogens is 4. The van der Waals surface area contributed by atoms with Gasteiger partial charge in [0.2, 0.25) is 0 Å². The van der Waals surface area contributed by atoms with Crippen LogP contribution in [0.5, 0.6) is 0 Å². The van der Waals surface area contributed by atoms with E-state index in [1.165, 1.54) is 18.4 Å². The monoisotopic (exact) mass is 346 g/mol. The van der Waals surface area contributed by atoms with Gasteiger partial charge in [-0.2, -0.15) is 0 Å². The number of carboxylic acids is 1. The van der Waals surface area contributed by atoms with Crippen molar-refractivity contribution in [3.63, 3.8) is 0 Å². The van der Waals surface area contributed by atoms with E-state index in [0.29, 0.717) is 5.82 Å². The lowest BCUT2D eigenvalue weighted by molar-refractivity contribution is -0.139. The van der Waals surface area contributed by atoms with Crippen LogP contribution in [-0.2, 0) is 16.1 Å².